The van der Waals surface area contributed by atoms with Crippen molar-refractivity contribution < 1.29 is 19.4 Å². The minimum absolute atomic E-state index is 0.00553. The van der Waals surface area contributed by atoms with Gasteiger partial charge in [0.05, 0.1) is 12.7 Å². The van der Waals surface area contributed by atoms with Crippen LogP contribution in [-0.4, -0.2) is 41.5 Å². The number of nitrogen functional groups attached to an aromatic ring is 1. The molecule has 1 unspecified atom stereocenters. The molecule has 4 aromatic rings. The van der Waals surface area contributed by atoms with Gasteiger partial charge >= 0.3 is 5.97 Å². The number of hydrogen-bond donors (Lipinski definition) is 5. The van der Waals surface area contributed by atoms with Gasteiger partial charge in [-0.1, -0.05) is 25.1 Å². The van der Waals surface area contributed by atoms with Crippen molar-refractivity contribution in [3.63, 3.8) is 0 Å². The summed E-state index contributed by atoms with van der Waals surface area (Å²) in [7, 11) is 1.49. The lowest BCUT2D eigenvalue weighted by Gasteiger charge is -2.21. The normalized spacial score (nSPS) is 11.8. The fourth-order valence-electron chi connectivity index (χ4n) is 4.77. The number of ether oxygens (including phenoxy) is 1. The molecule has 0 saturated carbocycles. The number of nitrogens with one attached hydrogen (secondary N) is 3. The predicted molar refractivity (Wildman–Crippen MR) is 145 cm³/mol. The summed E-state index contributed by atoms with van der Waals surface area (Å²) in [5.74, 6) is -0.974. The number of amides is 1. The van der Waals surface area contributed by atoms with Crippen molar-refractivity contribution in [2.45, 2.75) is 26.2 Å². The number of carbonyl (C=O) groups is 2. The standard InChI is InChI=1S/C29H30N4O4/c1-4-19(25-15-33-26-13-16(27(30)31)6-10-22(25)26)20-9-7-17(28(34)32-5-2)12-23(20)21-11-8-18(37-3)14-24(21)29(35)36/h6-15,19,33H,4-5H2,1-3H3,(H3,30,31)(H,32,34)(H,35,36). The summed E-state index contributed by atoms with van der Waals surface area (Å²) in [4.78, 5) is 28.3. The highest BCUT2D eigenvalue weighted by Gasteiger charge is 2.24. The van der Waals surface area contributed by atoms with Gasteiger partial charge in [0.1, 0.15) is 11.6 Å². The van der Waals surface area contributed by atoms with Crippen molar-refractivity contribution in [3.8, 4) is 16.9 Å². The summed E-state index contributed by atoms with van der Waals surface area (Å²) < 4.78 is 5.27. The molecule has 4 rings (SSSR count). The maximum Gasteiger partial charge on any atom is 0.336 e. The average molecular weight is 499 g/mol. The number of H-pyrrole nitrogens is 1. The second-order valence-electron chi connectivity index (χ2n) is 8.76. The van der Waals surface area contributed by atoms with Gasteiger partial charge in [-0.25, -0.2) is 4.79 Å². The van der Waals surface area contributed by atoms with Gasteiger partial charge in [0.2, 0.25) is 0 Å². The average Bonchev–Trinajstić information content (AvgIpc) is 3.32. The summed E-state index contributed by atoms with van der Waals surface area (Å²) in [5.41, 5.74) is 10.8. The number of fused-ring (bicyclic) bond motifs is 1. The van der Waals surface area contributed by atoms with Gasteiger partial charge < -0.3 is 25.9 Å². The minimum atomic E-state index is -1.08. The second-order valence-corrected chi connectivity index (χ2v) is 8.76. The van der Waals surface area contributed by atoms with E-state index >= 15 is 0 Å². The molecule has 0 aliphatic heterocycles. The Bertz CT molecular complexity index is 1510. The number of rotatable bonds is 9. The molecule has 0 radical (unpaired) electrons. The zero-order valence-corrected chi connectivity index (χ0v) is 21.0. The number of benzene rings is 3. The molecule has 37 heavy (non-hydrogen) atoms. The monoisotopic (exact) mass is 498 g/mol. The molecule has 0 bridgehead atoms. The Morgan fingerprint density at radius 2 is 1.78 bits per heavy atom. The Kier molecular flexibility index (Phi) is 7.29. The van der Waals surface area contributed by atoms with Crippen LogP contribution in [0, 0.1) is 5.41 Å². The summed E-state index contributed by atoms with van der Waals surface area (Å²) in [5, 5.41) is 21.6. The molecule has 8 nitrogen and oxygen atoms in total. The van der Waals surface area contributed by atoms with Gasteiger partial charge in [0.25, 0.3) is 5.91 Å². The molecule has 8 heteroatoms. The lowest BCUT2D eigenvalue weighted by Crippen LogP contribution is -2.22. The van der Waals surface area contributed by atoms with E-state index in [0.29, 0.717) is 34.5 Å². The van der Waals surface area contributed by atoms with Crippen LogP contribution >= 0.6 is 0 Å². The fourth-order valence-corrected chi connectivity index (χ4v) is 4.77. The van der Waals surface area contributed by atoms with E-state index in [1.807, 2.05) is 37.4 Å². The minimum Gasteiger partial charge on any atom is -0.497 e. The number of aromatic carboxylic acids is 1. The quantitative estimate of drug-likeness (QED) is 0.161. The third kappa shape index (κ3) is 4.91. The molecule has 0 aliphatic carbocycles. The summed E-state index contributed by atoms with van der Waals surface area (Å²) in [6.45, 7) is 4.40. The zero-order valence-electron chi connectivity index (χ0n) is 21.0. The van der Waals surface area contributed by atoms with Crippen LogP contribution < -0.4 is 15.8 Å². The van der Waals surface area contributed by atoms with E-state index in [4.69, 9.17) is 15.9 Å². The smallest absolute Gasteiger partial charge is 0.336 e. The first kappa shape index (κ1) is 25.5. The molecule has 3 aromatic carbocycles. The highest BCUT2D eigenvalue weighted by atomic mass is 16.5. The molecule has 6 N–H and O–H groups in total. The van der Waals surface area contributed by atoms with Crippen LogP contribution in [0.3, 0.4) is 0 Å². The maximum absolute atomic E-state index is 12.7. The van der Waals surface area contributed by atoms with Crippen LogP contribution in [-0.2, 0) is 0 Å². The highest BCUT2D eigenvalue weighted by Crippen LogP contribution is 2.40. The molecule has 1 atom stereocenters. The first-order valence-electron chi connectivity index (χ1n) is 12.1. The largest absolute Gasteiger partial charge is 0.497 e. The van der Waals surface area contributed by atoms with Crippen LogP contribution in [0.1, 0.15) is 63.6 Å². The topological polar surface area (TPSA) is 141 Å². The molecular weight excluding hydrogens is 468 g/mol. The van der Waals surface area contributed by atoms with Crippen LogP contribution in [0.4, 0.5) is 0 Å². The first-order chi connectivity index (χ1) is 17.8. The van der Waals surface area contributed by atoms with E-state index in [1.165, 1.54) is 13.2 Å². The Balaban J connectivity index is 1.95. The van der Waals surface area contributed by atoms with Crippen molar-refractivity contribution >= 4 is 28.6 Å². The summed E-state index contributed by atoms with van der Waals surface area (Å²) >= 11 is 0. The number of carboxylic acids is 1. The predicted octanol–water partition coefficient (Wildman–Crippen LogP) is 5.12. The molecule has 0 spiro atoms. The molecule has 0 saturated heterocycles. The highest BCUT2D eigenvalue weighted by molar-refractivity contribution is 6.01. The molecule has 0 fully saturated rings. The van der Waals surface area contributed by atoms with Crippen molar-refractivity contribution in [1.82, 2.24) is 10.3 Å². The Hall–Kier alpha value is -4.59. The molecular formula is C29H30N4O4. The third-order valence-corrected chi connectivity index (χ3v) is 6.58. The molecule has 1 amide bonds. The molecule has 190 valence electrons. The number of methoxy groups -OCH3 is 1. The third-order valence-electron chi connectivity index (χ3n) is 6.58. The number of carbonyl (C=O) groups excluding carboxylic acids is 1. The van der Waals surface area contributed by atoms with Crippen LogP contribution in [0.2, 0.25) is 0 Å². The van der Waals surface area contributed by atoms with Crippen LogP contribution in [0.5, 0.6) is 5.75 Å². The van der Waals surface area contributed by atoms with Gasteiger partial charge in [-0.05, 0) is 72.0 Å². The summed E-state index contributed by atoms with van der Waals surface area (Å²) in [6, 6.07) is 16.0. The number of aromatic amines is 1. The zero-order chi connectivity index (χ0) is 26.7. The second kappa shape index (κ2) is 10.6. The van der Waals surface area contributed by atoms with E-state index in [1.54, 1.807) is 24.3 Å². The maximum atomic E-state index is 12.7. The van der Waals surface area contributed by atoms with Gasteiger partial charge in [0, 0.05) is 40.7 Å². The number of carboxylic acid groups (broad SMARTS) is 1. The van der Waals surface area contributed by atoms with Gasteiger partial charge in [0.15, 0.2) is 0 Å². The van der Waals surface area contributed by atoms with Crippen LogP contribution in [0.15, 0.2) is 60.8 Å². The van der Waals surface area contributed by atoms with E-state index in [-0.39, 0.29) is 23.2 Å². The SMILES string of the molecule is CCNC(=O)c1ccc(C(CC)c2c[nH]c3cc(C(=N)N)ccc23)c(-c2ccc(OC)cc2C(=O)O)c1. The fraction of sp³-hybridized carbons (Fsp3) is 0.207. The first-order valence-corrected chi connectivity index (χ1v) is 12.1. The molecule has 1 aromatic heterocycles. The van der Waals surface area contributed by atoms with Gasteiger partial charge in [-0.15, -0.1) is 0 Å². The molecule has 0 aliphatic rings. The van der Waals surface area contributed by atoms with E-state index < -0.39 is 5.97 Å². The molecule has 1 heterocycles. The van der Waals surface area contributed by atoms with Crippen LogP contribution in [0.25, 0.3) is 22.0 Å². The lowest BCUT2D eigenvalue weighted by molar-refractivity contribution is 0.0697. The van der Waals surface area contributed by atoms with Gasteiger partial charge in [-0.2, -0.15) is 0 Å². The van der Waals surface area contributed by atoms with E-state index in [2.05, 4.69) is 17.2 Å². The lowest BCUT2D eigenvalue weighted by atomic mass is 9.82. The number of hydrogen-bond acceptors (Lipinski definition) is 4. The summed E-state index contributed by atoms with van der Waals surface area (Å²) in [6.07, 6.45) is 2.67. The Labute approximate surface area is 215 Å². The van der Waals surface area contributed by atoms with Crippen molar-refractivity contribution in [1.29, 1.82) is 5.41 Å². The Morgan fingerprint density at radius 1 is 1.03 bits per heavy atom. The number of amidine groups is 1. The number of nitrogens with two attached hydrogens (primary N) is 1. The Morgan fingerprint density at radius 3 is 2.43 bits per heavy atom. The van der Waals surface area contributed by atoms with E-state index in [9.17, 15) is 14.7 Å². The van der Waals surface area contributed by atoms with E-state index in [0.717, 1.165) is 28.5 Å². The van der Waals surface area contributed by atoms with Crippen molar-refractivity contribution in [3.05, 3.63) is 88.6 Å². The van der Waals surface area contributed by atoms with Crippen molar-refractivity contribution in [2.75, 3.05) is 13.7 Å². The van der Waals surface area contributed by atoms with Crippen molar-refractivity contribution in [2.24, 2.45) is 5.73 Å². The number of aromatic nitrogens is 1. The van der Waals surface area contributed by atoms with Gasteiger partial charge in [-0.3, -0.25) is 10.2 Å².